The Labute approximate surface area is 342 Å². The second kappa shape index (κ2) is 20.5. The number of anilines is 6. The van der Waals surface area contributed by atoms with Gasteiger partial charge in [0.15, 0.2) is 5.16 Å². The van der Waals surface area contributed by atoms with E-state index in [0.717, 1.165) is 24.5 Å². The number of azo groups is 2. The molecule has 0 spiro atoms. The Morgan fingerprint density at radius 2 is 1.17 bits per heavy atom. The largest absolute Gasteiger partial charge is 0.494 e. The fraction of sp³-hybridized carbons (Fsp3) is 0.308. The molecule has 5 rings (SSSR count). The number of aliphatic hydroxyl groups excluding tert-OH is 1. The van der Waals surface area contributed by atoms with Crippen molar-refractivity contribution in [2.24, 2.45) is 20.5 Å². The number of nitrogens with zero attached hydrogens (tertiary/aromatic N) is 9. The van der Waals surface area contributed by atoms with Crippen molar-refractivity contribution in [1.29, 1.82) is 0 Å². The lowest BCUT2D eigenvalue weighted by Gasteiger charge is -2.25. The first-order valence-corrected chi connectivity index (χ1v) is 20.9. The average Bonchev–Trinajstić information content (AvgIpc) is 3.23. The van der Waals surface area contributed by atoms with E-state index in [0.29, 0.717) is 63.9 Å². The number of aliphatic hydroxyl groups is 1. The summed E-state index contributed by atoms with van der Waals surface area (Å²) >= 11 is 1.24. The van der Waals surface area contributed by atoms with Gasteiger partial charge in [-0.05, 0) is 70.2 Å². The van der Waals surface area contributed by atoms with Crippen LogP contribution in [-0.2, 0) is 10.1 Å². The highest BCUT2D eigenvalue weighted by Gasteiger charge is 2.20. The van der Waals surface area contributed by atoms with Gasteiger partial charge in [0.1, 0.15) is 22.9 Å². The molecule has 4 N–H and O–H groups in total. The van der Waals surface area contributed by atoms with E-state index in [9.17, 15) is 18.1 Å². The highest BCUT2D eigenvalue weighted by atomic mass is 32.2. The van der Waals surface area contributed by atoms with E-state index in [2.05, 4.69) is 64.7 Å². The SMILES string of the molecule is CCN(CC)c1cc(Nc2nc(Nc3cc(N(CC)CC)c(OC)cc3/N=N/c3cccc(S(=O)(=O)O)c3)nc(SCCO)n2)c(/N=N/c2ccccc2)cc1OC. The standard InChI is InChI=1S/C39H47N11O6S2/c1-7-49(8-2)33-22-29(31(24-35(33)55-5)47-45-26-15-12-11-13-16-26)40-37-42-38(44-39(43-37)57-20-19-51)41-30-23-34(50(9-3)10-4)36(56-6)25-32(30)48-46-27-17-14-18-28(21-27)58(52,53)54/h11-18,21-25,51H,7-10,19-20H2,1-6H3,(H,52,53,54)(H2,40,41,42,43,44)/b47-45+,48-46+. The lowest BCUT2D eigenvalue weighted by atomic mass is 10.2. The smallest absolute Gasteiger partial charge is 0.294 e. The van der Waals surface area contributed by atoms with E-state index in [-0.39, 0.29) is 29.1 Å². The maximum atomic E-state index is 11.8. The predicted molar refractivity (Wildman–Crippen MR) is 228 cm³/mol. The first kappa shape index (κ1) is 43.2. The van der Waals surface area contributed by atoms with Crippen molar-refractivity contribution in [3.8, 4) is 11.5 Å². The summed E-state index contributed by atoms with van der Waals surface area (Å²) in [6, 6.07) is 22.1. The Morgan fingerprint density at radius 3 is 1.64 bits per heavy atom. The Balaban J connectivity index is 1.63. The van der Waals surface area contributed by atoms with Gasteiger partial charge in [-0.15, -0.1) is 10.2 Å². The molecule has 0 unspecified atom stereocenters. The van der Waals surface area contributed by atoms with Gasteiger partial charge in [-0.1, -0.05) is 36.0 Å². The quantitative estimate of drug-likeness (QED) is 0.0327. The number of methoxy groups -OCH3 is 2. The van der Waals surface area contributed by atoms with Crippen LogP contribution in [0.4, 0.5) is 57.4 Å². The molecular formula is C39H47N11O6S2. The van der Waals surface area contributed by atoms with Crippen molar-refractivity contribution >= 4 is 79.3 Å². The highest BCUT2D eigenvalue weighted by Crippen LogP contribution is 2.42. The number of benzene rings is 4. The Bertz CT molecular complexity index is 2330. The Kier molecular flexibility index (Phi) is 15.3. The third kappa shape index (κ3) is 11.2. The molecule has 17 nitrogen and oxygen atoms in total. The summed E-state index contributed by atoms with van der Waals surface area (Å²) in [6.45, 7) is 10.9. The summed E-state index contributed by atoms with van der Waals surface area (Å²) < 4.78 is 44.8. The second-order valence-electron chi connectivity index (χ2n) is 12.2. The molecule has 0 aliphatic heterocycles. The third-order valence-corrected chi connectivity index (χ3v) is 10.3. The normalized spacial score (nSPS) is 11.6. The Morgan fingerprint density at radius 1 is 0.672 bits per heavy atom. The third-order valence-electron chi connectivity index (χ3n) is 8.65. The van der Waals surface area contributed by atoms with Crippen molar-refractivity contribution < 1.29 is 27.6 Å². The fourth-order valence-corrected chi connectivity index (χ4v) is 6.86. The van der Waals surface area contributed by atoms with Crippen LogP contribution in [0.3, 0.4) is 0 Å². The van der Waals surface area contributed by atoms with Crippen molar-refractivity contribution in [2.45, 2.75) is 37.7 Å². The van der Waals surface area contributed by atoms with Crippen LogP contribution in [0, 0.1) is 0 Å². The van der Waals surface area contributed by atoms with E-state index in [1.54, 1.807) is 32.4 Å². The minimum Gasteiger partial charge on any atom is -0.494 e. The maximum Gasteiger partial charge on any atom is 0.294 e. The van der Waals surface area contributed by atoms with Crippen LogP contribution in [0.2, 0.25) is 0 Å². The summed E-state index contributed by atoms with van der Waals surface area (Å²) in [4.78, 5) is 18.0. The van der Waals surface area contributed by atoms with Gasteiger partial charge in [0, 0.05) is 44.1 Å². The molecule has 19 heteroatoms. The molecule has 0 radical (unpaired) electrons. The van der Waals surface area contributed by atoms with Crippen molar-refractivity contribution in [3.05, 3.63) is 78.9 Å². The number of hydrogen-bond donors (Lipinski definition) is 4. The number of aromatic nitrogens is 3. The summed E-state index contributed by atoms with van der Waals surface area (Å²) in [6.07, 6.45) is 0. The predicted octanol–water partition coefficient (Wildman–Crippen LogP) is 9.23. The molecule has 58 heavy (non-hydrogen) atoms. The molecule has 1 heterocycles. The van der Waals surface area contributed by atoms with Gasteiger partial charge in [-0.2, -0.15) is 33.6 Å². The van der Waals surface area contributed by atoms with Gasteiger partial charge in [-0.3, -0.25) is 4.55 Å². The van der Waals surface area contributed by atoms with Crippen LogP contribution in [0.5, 0.6) is 11.5 Å². The van der Waals surface area contributed by atoms with E-state index >= 15 is 0 Å². The molecule has 306 valence electrons. The van der Waals surface area contributed by atoms with Gasteiger partial charge in [-0.25, -0.2) is 0 Å². The topological polar surface area (TPSA) is 212 Å². The molecule has 0 saturated carbocycles. The highest BCUT2D eigenvalue weighted by molar-refractivity contribution is 7.99. The van der Waals surface area contributed by atoms with Crippen LogP contribution in [0.25, 0.3) is 0 Å². The van der Waals surface area contributed by atoms with E-state index in [4.69, 9.17) is 14.5 Å². The maximum absolute atomic E-state index is 11.8. The Hall–Kier alpha value is -5.89. The molecule has 0 atom stereocenters. The van der Waals surface area contributed by atoms with Crippen LogP contribution >= 0.6 is 11.8 Å². The molecule has 4 aromatic carbocycles. The zero-order valence-corrected chi connectivity index (χ0v) is 34.8. The summed E-state index contributed by atoms with van der Waals surface area (Å²) in [5.74, 6) is 1.78. The second-order valence-corrected chi connectivity index (χ2v) is 14.7. The van der Waals surface area contributed by atoms with Gasteiger partial charge >= 0.3 is 0 Å². The summed E-state index contributed by atoms with van der Waals surface area (Å²) in [5, 5.41) is 34.4. The lowest BCUT2D eigenvalue weighted by Crippen LogP contribution is -2.22. The van der Waals surface area contributed by atoms with Crippen LogP contribution in [-0.4, -0.2) is 85.8 Å². The molecular weight excluding hydrogens is 783 g/mol. The number of thioether (sulfide) groups is 1. The van der Waals surface area contributed by atoms with E-state index in [1.807, 2.05) is 56.3 Å². The molecule has 0 saturated heterocycles. The van der Waals surface area contributed by atoms with Gasteiger partial charge < -0.3 is 35.0 Å². The molecule has 0 aliphatic rings. The van der Waals surface area contributed by atoms with Crippen molar-refractivity contribution in [3.63, 3.8) is 0 Å². The first-order chi connectivity index (χ1) is 28.0. The zero-order chi connectivity index (χ0) is 41.7. The van der Waals surface area contributed by atoms with Gasteiger partial charge in [0.2, 0.25) is 11.9 Å². The first-order valence-electron chi connectivity index (χ1n) is 18.5. The molecule has 0 fully saturated rings. The summed E-state index contributed by atoms with van der Waals surface area (Å²) in [5.41, 5.74) is 4.22. The van der Waals surface area contributed by atoms with E-state index < -0.39 is 10.1 Å². The van der Waals surface area contributed by atoms with Gasteiger partial charge in [0.25, 0.3) is 10.1 Å². The molecule has 0 aliphatic carbocycles. The minimum absolute atomic E-state index is 0.105. The number of hydrogen-bond acceptors (Lipinski definition) is 17. The molecule has 0 bridgehead atoms. The van der Waals surface area contributed by atoms with Gasteiger partial charge in [0.05, 0.1) is 59.8 Å². The number of nitrogens with one attached hydrogen (secondary N) is 2. The van der Waals surface area contributed by atoms with Crippen LogP contribution in [0.15, 0.2) is 109 Å². The minimum atomic E-state index is -4.46. The average molecular weight is 830 g/mol. The van der Waals surface area contributed by atoms with Crippen molar-refractivity contribution in [2.75, 3.05) is 73.2 Å². The molecule has 0 amide bonds. The van der Waals surface area contributed by atoms with Crippen molar-refractivity contribution in [1.82, 2.24) is 15.0 Å². The van der Waals surface area contributed by atoms with Crippen LogP contribution < -0.4 is 29.9 Å². The molecule has 5 aromatic rings. The summed E-state index contributed by atoms with van der Waals surface area (Å²) in [7, 11) is -1.30. The monoisotopic (exact) mass is 829 g/mol. The molecule has 1 aromatic heterocycles. The number of ether oxygens (including phenoxy) is 2. The fourth-order valence-electron chi connectivity index (χ4n) is 5.77. The van der Waals surface area contributed by atoms with E-state index in [1.165, 1.54) is 30.0 Å². The van der Waals surface area contributed by atoms with Crippen LogP contribution in [0.1, 0.15) is 27.7 Å². The lowest BCUT2D eigenvalue weighted by molar-refractivity contribution is 0.322. The zero-order valence-electron chi connectivity index (χ0n) is 33.1. The number of rotatable bonds is 20.